The molecule has 3 rings (SSSR count). The SMILES string of the molecule is CCCCCC1=Nn2c(nc(CC)c(CCC(C)OC)c2=O)C1=Nc1ccc(N(CC)CCOC)cc1C. The van der Waals surface area contributed by atoms with Crippen LogP contribution in [-0.4, -0.2) is 61.1 Å². The van der Waals surface area contributed by atoms with Crippen LogP contribution >= 0.6 is 0 Å². The van der Waals surface area contributed by atoms with Crippen LogP contribution in [0.15, 0.2) is 33.1 Å². The van der Waals surface area contributed by atoms with Crippen molar-refractivity contribution in [3.05, 3.63) is 51.2 Å². The van der Waals surface area contributed by atoms with Crippen LogP contribution in [0, 0.1) is 6.92 Å². The van der Waals surface area contributed by atoms with E-state index in [4.69, 9.17) is 24.6 Å². The molecule has 0 spiro atoms. The number of aliphatic imine (C=N–C) groups is 1. The molecule has 2 aromatic rings. The second-order valence-corrected chi connectivity index (χ2v) is 9.92. The summed E-state index contributed by atoms with van der Waals surface area (Å²) in [5, 5.41) is 4.78. The van der Waals surface area contributed by atoms with Gasteiger partial charge in [0.2, 0.25) is 0 Å². The highest BCUT2D eigenvalue weighted by atomic mass is 16.5. The number of unbranched alkanes of at least 4 members (excludes halogenated alkanes) is 2. The first-order valence-corrected chi connectivity index (χ1v) is 14.1. The first-order valence-electron chi connectivity index (χ1n) is 14.1. The summed E-state index contributed by atoms with van der Waals surface area (Å²) in [6.07, 6.45) is 6.13. The van der Waals surface area contributed by atoms with E-state index >= 15 is 0 Å². The Kier molecular flexibility index (Phi) is 11.2. The van der Waals surface area contributed by atoms with Gasteiger partial charge in [-0.05, 0) is 76.6 Å². The third-order valence-corrected chi connectivity index (χ3v) is 7.23. The average Bonchev–Trinajstić information content (AvgIpc) is 3.26. The van der Waals surface area contributed by atoms with Gasteiger partial charge in [-0.25, -0.2) is 9.98 Å². The summed E-state index contributed by atoms with van der Waals surface area (Å²) < 4.78 is 12.2. The quantitative estimate of drug-likeness (QED) is 0.289. The predicted octanol–water partition coefficient (Wildman–Crippen LogP) is 5.47. The van der Waals surface area contributed by atoms with Gasteiger partial charge in [0.25, 0.3) is 5.56 Å². The molecule has 1 aliphatic rings. The number of nitrogens with zero attached hydrogens (tertiary/aromatic N) is 5. The summed E-state index contributed by atoms with van der Waals surface area (Å²) >= 11 is 0. The van der Waals surface area contributed by atoms with Crippen LogP contribution in [0.3, 0.4) is 0 Å². The van der Waals surface area contributed by atoms with E-state index in [-0.39, 0.29) is 11.7 Å². The zero-order valence-corrected chi connectivity index (χ0v) is 24.3. The zero-order chi connectivity index (χ0) is 27.7. The average molecular weight is 524 g/mol. The van der Waals surface area contributed by atoms with E-state index in [0.29, 0.717) is 31.0 Å². The molecule has 0 radical (unpaired) electrons. The molecule has 0 bridgehead atoms. The summed E-state index contributed by atoms with van der Waals surface area (Å²) in [5.74, 6) is 0.556. The Hall–Kier alpha value is -2.84. The lowest BCUT2D eigenvalue weighted by atomic mass is 10.0. The second kappa shape index (κ2) is 14.4. The number of aromatic nitrogens is 2. The molecule has 0 amide bonds. The minimum absolute atomic E-state index is 0.0756. The summed E-state index contributed by atoms with van der Waals surface area (Å²) in [6.45, 7) is 12.9. The van der Waals surface area contributed by atoms with Crippen LogP contribution in [0.1, 0.15) is 82.4 Å². The molecule has 208 valence electrons. The molecule has 2 heterocycles. The molecule has 1 unspecified atom stereocenters. The number of hydrogen-bond donors (Lipinski definition) is 0. The van der Waals surface area contributed by atoms with E-state index in [1.165, 1.54) is 4.68 Å². The Morgan fingerprint density at radius 2 is 1.92 bits per heavy atom. The van der Waals surface area contributed by atoms with Gasteiger partial charge in [-0.1, -0.05) is 26.7 Å². The van der Waals surface area contributed by atoms with Crippen molar-refractivity contribution < 1.29 is 9.47 Å². The highest BCUT2D eigenvalue weighted by molar-refractivity contribution is 6.49. The first-order chi connectivity index (χ1) is 18.4. The van der Waals surface area contributed by atoms with Gasteiger partial charge in [0, 0.05) is 38.6 Å². The van der Waals surface area contributed by atoms with Crippen molar-refractivity contribution in [1.82, 2.24) is 9.66 Å². The third-order valence-electron chi connectivity index (χ3n) is 7.23. The molecule has 0 fully saturated rings. The van der Waals surface area contributed by atoms with E-state index in [0.717, 1.165) is 79.1 Å². The van der Waals surface area contributed by atoms with Crippen LogP contribution in [0.25, 0.3) is 0 Å². The van der Waals surface area contributed by atoms with Gasteiger partial charge in [-0.3, -0.25) is 4.79 Å². The van der Waals surface area contributed by atoms with Gasteiger partial charge >= 0.3 is 0 Å². The van der Waals surface area contributed by atoms with Crippen molar-refractivity contribution >= 4 is 22.8 Å². The molecule has 8 heteroatoms. The summed E-state index contributed by atoms with van der Waals surface area (Å²) in [4.78, 5) is 26.0. The molecular weight excluding hydrogens is 478 g/mol. The Morgan fingerprint density at radius 1 is 1.13 bits per heavy atom. The van der Waals surface area contributed by atoms with Crippen molar-refractivity contribution in [2.75, 3.05) is 38.8 Å². The topological polar surface area (TPSA) is 81.3 Å². The van der Waals surface area contributed by atoms with E-state index in [1.54, 1.807) is 14.2 Å². The van der Waals surface area contributed by atoms with Crippen LogP contribution in [-0.2, 0) is 22.3 Å². The van der Waals surface area contributed by atoms with Crippen molar-refractivity contribution in [1.29, 1.82) is 0 Å². The first kappa shape index (κ1) is 29.7. The third kappa shape index (κ3) is 6.97. The smallest absolute Gasteiger partial charge is 0.277 e. The predicted molar refractivity (Wildman–Crippen MR) is 157 cm³/mol. The molecule has 0 aliphatic carbocycles. The second-order valence-electron chi connectivity index (χ2n) is 9.92. The van der Waals surface area contributed by atoms with Crippen LogP contribution in [0.5, 0.6) is 0 Å². The zero-order valence-electron chi connectivity index (χ0n) is 24.3. The fourth-order valence-electron chi connectivity index (χ4n) is 4.72. The molecule has 0 saturated heterocycles. The van der Waals surface area contributed by atoms with Crippen molar-refractivity contribution in [2.24, 2.45) is 10.1 Å². The maximum absolute atomic E-state index is 13.6. The Labute approximate surface area is 227 Å². The minimum Gasteiger partial charge on any atom is -0.383 e. The lowest BCUT2D eigenvalue weighted by Gasteiger charge is -2.23. The largest absolute Gasteiger partial charge is 0.383 e. The monoisotopic (exact) mass is 523 g/mol. The molecule has 0 N–H and O–H groups in total. The number of anilines is 1. The Morgan fingerprint density at radius 3 is 2.55 bits per heavy atom. The lowest BCUT2D eigenvalue weighted by molar-refractivity contribution is 0.111. The van der Waals surface area contributed by atoms with E-state index in [1.807, 2.05) is 13.8 Å². The van der Waals surface area contributed by atoms with E-state index in [9.17, 15) is 4.79 Å². The van der Waals surface area contributed by atoms with Gasteiger partial charge in [-0.2, -0.15) is 9.78 Å². The number of likely N-dealkylation sites (N-methyl/N-ethyl adjacent to an activating group) is 1. The molecule has 1 aromatic carbocycles. The molecule has 8 nitrogen and oxygen atoms in total. The van der Waals surface area contributed by atoms with E-state index < -0.39 is 0 Å². The number of methoxy groups -OCH3 is 2. The molecule has 38 heavy (non-hydrogen) atoms. The van der Waals surface area contributed by atoms with Crippen molar-refractivity contribution in [3.63, 3.8) is 0 Å². The molecule has 1 aliphatic heterocycles. The van der Waals surface area contributed by atoms with Gasteiger partial charge in [0.05, 0.1) is 29.8 Å². The van der Waals surface area contributed by atoms with Gasteiger partial charge in [0.15, 0.2) is 5.82 Å². The van der Waals surface area contributed by atoms with E-state index in [2.05, 4.69) is 43.9 Å². The standard InChI is InChI=1S/C30H45N5O3/c1-8-11-12-13-27-28(31-26-17-15-23(20-21(26)4)34(10-3)18-19-37-6)29-32-25(9-2)24(16-14-22(5)38-7)30(36)35(29)33-27/h15,17,20,22H,8-14,16,18-19H2,1-7H3. The number of rotatable bonds is 15. The number of benzene rings is 1. The summed E-state index contributed by atoms with van der Waals surface area (Å²) in [5.41, 5.74) is 6.11. The van der Waals surface area contributed by atoms with Crippen molar-refractivity contribution in [3.8, 4) is 0 Å². The Balaban J connectivity index is 2.05. The van der Waals surface area contributed by atoms with Crippen LogP contribution in [0.4, 0.5) is 11.4 Å². The summed E-state index contributed by atoms with van der Waals surface area (Å²) in [7, 11) is 3.42. The molecular formula is C30H45N5O3. The molecule has 1 atom stereocenters. The number of ether oxygens (including phenoxy) is 2. The van der Waals surface area contributed by atoms with Crippen LogP contribution < -0.4 is 10.5 Å². The van der Waals surface area contributed by atoms with Gasteiger partial charge in [0.1, 0.15) is 5.71 Å². The fourth-order valence-corrected chi connectivity index (χ4v) is 4.72. The number of fused-ring (bicyclic) bond motifs is 1. The highest BCUT2D eigenvalue weighted by Crippen LogP contribution is 2.27. The normalized spacial score (nSPS) is 14.6. The maximum Gasteiger partial charge on any atom is 0.277 e. The maximum atomic E-state index is 13.6. The number of hydrogen-bond acceptors (Lipinski definition) is 7. The van der Waals surface area contributed by atoms with Crippen molar-refractivity contribution in [2.45, 2.75) is 85.7 Å². The summed E-state index contributed by atoms with van der Waals surface area (Å²) in [6, 6.07) is 6.32. The van der Waals surface area contributed by atoms with Crippen LogP contribution in [0.2, 0.25) is 0 Å². The minimum atomic E-state index is -0.0860. The Bertz CT molecular complexity index is 1200. The highest BCUT2D eigenvalue weighted by Gasteiger charge is 2.28. The van der Waals surface area contributed by atoms with Gasteiger partial charge < -0.3 is 14.4 Å². The lowest BCUT2D eigenvalue weighted by Crippen LogP contribution is -2.28. The number of aryl methyl sites for hydroxylation is 2. The molecule has 0 saturated carbocycles. The fraction of sp³-hybridized carbons (Fsp3) is 0.600. The van der Waals surface area contributed by atoms with Gasteiger partial charge in [-0.15, -0.1) is 0 Å². The molecule has 1 aromatic heterocycles.